The topological polar surface area (TPSA) is 81.3 Å². The highest BCUT2D eigenvalue weighted by molar-refractivity contribution is 7.98. The maximum Gasteiger partial charge on any atom is 0.254 e. The Morgan fingerprint density at radius 3 is 2.48 bits per heavy atom. The maximum atomic E-state index is 12.3. The number of anilines is 2. The van der Waals surface area contributed by atoms with Crippen LogP contribution in [0.25, 0.3) is 0 Å². The summed E-state index contributed by atoms with van der Waals surface area (Å²) in [6, 6.07) is 7.98. The van der Waals surface area contributed by atoms with Crippen LogP contribution in [0.2, 0.25) is 0 Å². The van der Waals surface area contributed by atoms with Gasteiger partial charge in [0.15, 0.2) is 5.16 Å². The van der Waals surface area contributed by atoms with E-state index in [4.69, 9.17) is 0 Å². The number of nitrogens with one attached hydrogen (secondary N) is 2. The van der Waals surface area contributed by atoms with Crippen molar-refractivity contribution < 1.29 is 4.79 Å². The summed E-state index contributed by atoms with van der Waals surface area (Å²) in [5, 5.41) is 3.51. The van der Waals surface area contributed by atoms with Crippen molar-refractivity contribution in [3.8, 4) is 0 Å². The van der Waals surface area contributed by atoms with Crippen LogP contribution in [0.1, 0.15) is 24.6 Å². The first kappa shape index (κ1) is 21.4. The number of nitrogens with zero attached hydrogens (tertiary/aromatic N) is 3. The number of carbonyl (C=O) groups excluding carboxylic acids is 1. The van der Waals surface area contributed by atoms with E-state index in [1.54, 1.807) is 6.92 Å². The van der Waals surface area contributed by atoms with Crippen LogP contribution in [0.5, 0.6) is 0 Å². The molecule has 7 nitrogen and oxygen atoms in total. The van der Waals surface area contributed by atoms with Gasteiger partial charge in [-0.3, -0.25) is 9.59 Å². The normalized spacial score (nSPS) is 14.8. The molecule has 1 fully saturated rings. The fraction of sp³-hybridized carbons (Fsp3) is 0.476. The SMILES string of the molecule is CCN1CCN(c2ccc(NC(=O)CCc3c(C)nc(SC)[nH]c3=O)cc2)CC1. The van der Waals surface area contributed by atoms with E-state index < -0.39 is 0 Å². The number of benzene rings is 1. The number of hydrogen-bond donors (Lipinski definition) is 2. The molecule has 0 atom stereocenters. The number of H-pyrrole nitrogens is 1. The van der Waals surface area contributed by atoms with Crippen molar-refractivity contribution in [1.82, 2.24) is 14.9 Å². The third-order valence-electron chi connectivity index (χ3n) is 5.33. The number of carbonyl (C=O) groups is 1. The Morgan fingerprint density at radius 2 is 1.90 bits per heavy atom. The Balaban J connectivity index is 1.53. The second kappa shape index (κ2) is 9.93. The standard InChI is InChI=1S/C21H29N5O2S/c1-4-25-11-13-26(14-12-25)17-7-5-16(6-8-17)23-19(27)10-9-18-15(2)22-21(29-3)24-20(18)28/h5-8H,4,9-14H2,1-3H3,(H,23,27)(H,22,24,28). The summed E-state index contributed by atoms with van der Waals surface area (Å²) in [5.41, 5.74) is 3.04. The van der Waals surface area contributed by atoms with E-state index in [9.17, 15) is 9.59 Å². The molecule has 3 rings (SSSR count). The van der Waals surface area contributed by atoms with Gasteiger partial charge >= 0.3 is 0 Å². The molecule has 0 unspecified atom stereocenters. The lowest BCUT2D eigenvalue weighted by Crippen LogP contribution is -2.46. The first-order valence-electron chi connectivity index (χ1n) is 10.0. The Kier molecular flexibility index (Phi) is 7.33. The molecule has 1 amide bonds. The third-order valence-corrected chi connectivity index (χ3v) is 5.91. The molecule has 2 heterocycles. The molecule has 2 aromatic rings. The molecule has 1 saturated heterocycles. The predicted molar refractivity (Wildman–Crippen MR) is 119 cm³/mol. The maximum absolute atomic E-state index is 12.3. The summed E-state index contributed by atoms with van der Waals surface area (Å²) in [4.78, 5) is 36.4. The lowest BCUT2D eigenvalue weighted by atomic mass is 10.1. The number of amides is 1. The largest absolute Gasteiger partial charge is 0.369 e. The number of likely N-dealkylation sites (N-methyl/N-ethyl adjacent to an activating group) is 1. The summed E-state index contributed by atoms with van der Waals surface area (Å²) in [6.07, 6.45) is 2.47. The van der Waals surface area contributed by atoms with Crippen LogP contribution in [-0.4, -0.2) is 59.8 Å². The lowest BCUT2D eigenvalue weighted by molar-refractivity contribution is -0.116. The zero-order valence-electron chi connectivity index (χ0n) is 17.3. The van der Waals surface area contributed by atoms with Crippen LogP contribution >= 0.6 is 11.8 Å². The number of aromatic nitrogens is 2. The van der Waals surface area contributed by atoms with E-state index in [1.165, 1.54) is 17.4 Å². The minimum atomic E-state index is -0.165. The van der Waals surface area contributed by atoms with Crippen LogP contribution in [0.4, 0.5) is 11.4 Å². The van der Waals surface area contributed by atoms with E-state index in [-0.39, 0.29) is 17.9 Å². The molecule has 0 bridgehead atoms. The van der Waals surface area contributed by atoms with Gasteiger partial charge in [-0.1, -0.05) is 18.7 Å². The van der Waals surface area contributed by atoms with Gasteiger partial charge in [0, 0.05) is 55.2 Å². The Bertz CT molecular complexity index is 889. The Morgan fingerprint density at radius 1 is 1.21 bits per heavy atom. The summed E-state index contributed by atoms with van der Waals surface area (Å²) in [5.74, 6) is -0.109. The minimum Gasteiger partial charge on any atom is -0.369 e. The van der Waals surface area contributed by atoms with Crippen LogP contribution in [0.15, 0.2) is 34.2 Å². The molecule has 8 heteroatoms. The average Bonchev–Trinajstić information content (AvgIpc) is 2.73. The zero-order chi connectivity index (χ0) is 20.8. The van der Waals surface area contributed by atoms with Crippen molar-refractivity contribution in [3.63, 3.8) is 0 Å². The van der Waals surface area contributed by atoms with Gasteiger partial charge < -0.3 is 20.1 Å². The van der Waals surface area contributed by atoms with Gasteiger partial charge in [0.1, 0.15) is 0 Å². The van der Waals surface area contributed by atoms with Gasteiger partial charge in [-0.25, -0.2) is 4.98 Å². The van der Waals surface area contributed by atoms with Crippen molar-refractivity contribution >= 4 is 29.0 Å². The number of aryl methyl sites for hydroxylation is 1. The Labute approximate surface area is 175 Å². The molecule has 1 aliphatic heterocycles. The summed E-state index contributed by atoms with van der Waals surface area (Å²) >= 11 is 1.39. The smallest absolute Gasteiger partial charge is 0.254 e. The highest BCUT2D eigenvalue weighted by atomic mass is 32.2. The van der Waals surface area contributed by atoms with Gasteiger partial charge in [-0.2, -0.15) is 0 Å². The third kappa shape index (κ3) is 5.61. The summed E-state index contributed by atoms with van der Waals surface area (Å²) in [7, 11) is 0. The molecule has 2 N–H and O–H groups in total. The summed E-state index contributed by atoms with van der Waals surface area (Å²) in [6.45, 7) is 9.32. The van der Waals surface area contributed by atoms with Crippen LogP contribution in [-0.2, 0) is 11.2 Å². The molecule has 1 aliphatic rings. The van der Waals surface area contributed by atoms with Gasteiger partial charge in [-0.05, 0) is 50.4 Å². The number of piperazine rings is 1. The number of aromatic amines is 1. The van der Waals surface area contributed by atoms with E-state index in [2.05, 4.69) is 44.1 Å². The minimum absolute atomic E-state index is 0.109. The van der Waals surface area contributed by atoms with E-state index in [1.807, 2.05) is 18.4 Å². The highest BCUT2D eigenvalue weighted by Gasteiger charge is 2.16. The number of hydrogen-bond acceptors (Lipinski definition) is 6. The predicted octanol–water partition coefficient (Wildman–Crippen LogP) is 2.51. The molecule has 0 aliphatic carbocycles. The van der Waals surface area contributed by atoms with Crippen LogP contribution in [0.3, 0.4) is 0 Å². The molecule has 29 heavy (non-hydrogen) atoms. The molecule has 1 aromatic heterocycles. The molecule has 0 spiro atoms. The lowest BCUT2D eigenvalue weighted by Gasteiger charge is -2.35. The second-order valence-electron chi connectivity index (χ2n) is 7.16. The Hall–Kier alpha value is -2.32. The van der Waals surface area contributed by atoms with Gasteiger partial charge in [-0.15, -0.1) is 0 Å². The molecule has 0 radical (unpaired) electrons. The fourth-order valence-corrected chi connectivity index (χ4v) is 3.94. The number of thioether (sulfide) groups is 1. The van der Waals surface area contributed by atoms with Crippen molar-refractivity contribution in [3.05, 3.63) is 45.9 Å². The van der Waals surface area contributed by atoms with Crippen molar-refractivity contribution in [2.24, 2.45) is 0 Å². The molecule has 0 saturated carbocycles. The molecular weight excluding hydrogens is 386 g/mol. The van der Waals surface area contributed by atoms with Crippen LogP contribution < -0.4 is 15.8 Å². The first-order chi connectivity index (χ1) is 14.0. The van der Waals surface area contributed by atoms with Crippen molar-refractivity contribution in [1.29, 1.82) is 0 Å². The number of rotatable bonds is 7. The van der Waals surface area contributed by atoms with E-state index >= 15 is 0 Å². The van der Waals surface area contributed by atoms with Crippen molar-refractivity contribution in [2.75, 3.05) is 49.2 Å². The van der Waals surface area contributed by atoms with E-state index in [0.29, 0.717) is 22.8 Å². The van der Waals surface area contributed by atoms with Crippen molar-refractivity contribution in [2.45, 2.75) is 31.8 Å². The molecule has 1 aromatic carbocycles. The van der Waals surface area contributed by atoms with Crippen LogP contribution in [0, 0.1) is 6.92 Å². The van der Waals surface area contributed by atoms with Gasteiger partial charge in [0.05, 0.1) is 0 Å². The highest BCUT2D eigenvalue weighted by Crippen LogP contribution is 2.20. The molecule has 156 valence electrons. The van der Waals surface area contributed by atoms with E-state index in [0.717, 1.165) is 38.4 Å². The average molecular weight is 416 g/mol. The first-order valence-corrected chi connectivity index (χ1v) is 11.2. The monoisotopic (exact) mass is 415 g/mol. The fourth-order valence-electron chi connectivity index (χ4n) is 3.52. The zero-order valence-corrected chi connectivity index (χ0v) is 18.1. The molecular formula is C21H29N5O2S. The van der Waals surface area contributed by atoms with Gasteiger partial charge in [0.2, 0.25) is 5.91 Å². The van der Waals surface area contributed by atoms with Gasteiger partial charge in [0.25, 0.3) is 5.56 Å². The summed E-state index contributed by atoms with van der Waals surface area (Å²) < 4.78 is 0. The quantitative estimate of drug-likeness (QED) is 0.534. The second-order valence-corrected chi connectivity index (χ2v) is 7.95.